The van der Waals surface area contributed by atoms with E-state index in [1.54, 1.807) is 7.11 Å². The van der Waals surface area contributed by atoms with Crippen LogP contribution < -0.4 is 10.1 Å². The molecule has 0 amide bonds. The van der Waals surface area contributed by atoms with Crippen molar-refractivity contribution in [2.45, 2.75) is 37.8 Å². The maximum atomic E-state index is 5.40. The fourth-order valence-corrected chi connectivity index (χ4v) is 3.62. The third kappa shape index (κ3) is 2.77. The second-order valence-corrected chi connectivity index (χ2v) is 5.66. The van der Waals surface area contributed by atoms with Crippen molar-refractivity contribution < 1.29 is 4.74 Å². The van der Waals surface area contributed by atoms with Gasteiger partial charge in [0.2, 0.25) is 0 Å². The van der Waals surface area contributed by atoms with Crippen molar-refractivity contribution in [1.82, 2.24) is 10.2 Å². The number of hydrogen-bond donors (Lipinski definition) is 1. The van der Waals surface area contributed by atoms with E-state index in [9.17, 15) is 0 Å². The number of nitrogens with zero attached hydrogens (tertiary/aromatic N) is 1. The van der Waals surface area contributed by atoms with Gasteiger partial charge in [-0.25, -0.2) is 0 Å². The van der Waals surface area contributed by atoms with E-state index >= 15 is 0 Å². The van der Waals surface area contributed by atoms with Crippen molar-refractivity contribution in [3.05, 3.63) is 29.8 Å². The molecule has 3 nitrogen and oxygen atoms in total. The van der Waals surface area contributed by atoms with Crippen LogP contribution in [0.3, 0.4) is 0 Å². The minimum Gasteiger partial charge on any atom is -0.496 e. The minimum absolute atomic E-state index is 0.706. The first-order valence-electron chi connectivity index (χ1n) is 7.48. The minimum atomic E-state index is 0.706. The van der Waals surface area contributed by atoms with Crippen LogP contribution in [0.15, 0.2) is 24.3 Å². The average Bonchev–Trinajstić information content (AvgIpc) is 3.04. The molecule has 2 heterocycles. The molecule has 104 valence electrons. The molecule has 2 unspecified atom stereocenters. The summed E-state index contributed by atoms with van der Waals surface area (Å²) in [5, 5.41) is 3.76. The molecule has 2 fully saturated rings. The average molecular weight is 260 g/mol. The fraction of sp³-hybridized carbons (Fsp3) is 0.625. The van der Waals surface area contributed by atoms with Gasteiger partial charge in [-0.2, -0.15) is 0 Å². The molecular weight excluding hydrogens is 236 g/mol. The molecule has 0 bridgehead atoms. The molecule has 19 heavy (non-hydrogen) atoms. The van der Waals surface area contributed by atoms with Crippen LogP contribution in [0, 0.1) is 0 Å². The summed E-state index contributed by atoms with van der Waals surface area (Å²) in [4.78, 5) is 2.65. The number of para-hydroxylation sites is 1. The van der Waals surface area contributed by atoms with Gasteiger partial charge in [-0.15, -0.1) is 0 Å². The van der Waals surface area contributed by atoms with Crippen LogP contribution >= 0.6 is 0 Å². The Bertz CT molecular complexity index is 421. The molecule has 3 rings (SSSR count). The number of fused-ring (bicyclic) bond motifs is 1. The summed E-state index contributed by atoms with van der Waals surface area (Å²) in [6.07, 6.45) is 5.13. The number of benzene rings is 1. The zero-order valence-corrected chi connectivity index (χ0v) is 11.8. The van der Waals surface area contributed by atoms with E-state index in [0.717, 1.165) is 24.8 Å². The van der Waals surface area contributed by atoms with Gasteiger partial charge in [-0.05, 0) is 50.4 Å². The standard InChI is InChI=1S/C16H24N2O/c1-19-16-7-3-2-5-13(16)8-10-17-14-9-12-18-11-4-6-15(14)18/h2-3,5,7,14-15,17H,4,6,8-12H2,1H3. The Morgan fingerprint density at radius 2 is 2.16 bits per heavy atom. The second-order valence-electron chi connectivity index (χ2n) is 5.66. The molecule has 1 N–H and O–H groups in total. The SMILES string of the molecule is COc1ccccc1CCNC1CCN2CCCC12. The summed E-state index contributed by atoms with van der Waals surface area (Å²) in [5.74, 6) is 1.01. The van der Waals surface area contributed by atoms with Gasteiger partial charge < -0.3 is 10.1 Å². The van der Waals surface area contributed by atoms with Gasteiger partial charge in [0, 0.05) is 18.6 Å². The highest BCUT2D eigenvalue weighted by molar-refractivity contribution is 5.33. The maximum Gasteiger partial charge on any atom is 0.122 e. The topological polar surface area (TPSA) is 24.5 Å². The lowest BCUT2D eigenvalue weighted by atomic mass is 10.1. The third-order valence-electron chi connectivity index (χ3n) is 4.60. The summed E-state index contributed by atoms with van der Waals surface area (Å²) in [7, 11) is 1.75. The molecule has 2 aliphatic rings. The highest BCUT2D eigenvalue weighted by Gasteiger charge is 2.36. The molecule has 0 spiro atoms. The van der Waals surface area contributed by atoms with E-state index in [1.807, 2.05) is 12.1 Å². The van der Waals surface area contributed by atoms with Gasteiger partial charge in [0.25, 0.3) is 0 Å². The van der Waals surface area contributed by atoms with Crippen molar-refractivity contribution in [2.75, 3.05) is 26.7 Å². The van der Waals surface area contributed by atoms with E-state index in [0.29, 0.717) is 6.04 Å². The highest BCUT2D eigenvalue weighted by Crippen LogP contribution is 2.28. The normalized spacial score (nSPS) is 26.6. The van der Waals surface area contributed by atoms with Crippen LogP contribution in [0.5, 0.6) is 5.75 Å². The first kappa shape index (κ1) is 12.9. The van der Waals surface area contributed by atoms with Crippen molar-refractivity contribution >= 4 is 0 Å². The van der Waals surface area contributed by atoms with E-state index in [1.165, 1.54) is 37.9 Å². The van der Waals surface area contributed by atoms with Crippen LogP contribution in [-0.2, 0) is 6.42 Å². The summed E-state index contributed by atoms with van der Waals surface area (Å²) in [6.45, 7) is 3.65. The Morgan fingerprint density at radius 1 is 1.26 bits per heavy atom. The molecule has 3 heteroatoms. The Kier molecular flexibility index (Phi) is 4.04. The molecule has 0 aliphatic carbocycles. The molecule has 2 saturated heterocycles. The molecule has 0 aromatic heterocycles. The Labute approximate surface area is 115 Å². The van der Waals surface area contributed by atoms with Crippen LogP contribution in [0.25, 0.3) is 0 Å². The van der Waals surface area contributed by atoms with E-state index in [-0.39, 0.29) is 0 Å². The zero-order valence-electron chi connectivity index (χ0n) is 11.8. The first-order valence-corrected chi connectivity index (χ1v) is 7.48. The molecule has 2 atom stereocenters. The van der Waals surface area contributed by atoms with E-state index < -0.39 is 0 Å². The van der Waals surface area contributed by atoms with E-state index in [4.69, 9.17) is 4.74 Å². The largest absolute Gasteiger partial charge is 0.496 e. The maximum absolute atomic E-state index is 5.40. The lowest BCUT2D eigenvalue weighted by Gasteiger charge is -2.21. The number of rotatable bonds is 5. The van der Waals surface area contributed by atoms with Crippen LogP contribution in [0.4, 0.5) is 0 Å². The second kappa shape index (κ2) is 5.93. The number of nitrogens with one attached hydrogen (secondary N) is 1. The monoisotopic (exact) mass is 260 g/mol. The third-order valence-corrected chi connectivity index (χ3v) is 4.60. The summed E-state index contributed by atoms with van der Waals surface area (Å²) in [5.41, 5.74) is 1.30. The predicted molar refractivity (Wildman–Crippen MR) is 77.7 cm³/mol. The van der Waals surface area contributed by atoms with Crippen LogP contribution in [0.2, 0.25) is 0 Å². The quantitative estimate of drug-likeness (QED) is 0.877. The van der Waals surface area contributed by atoms with Crippen molar-refractivity contribution in [3.8, 4) is 5.75 Å². The highest BCUT2D eigenvalue weighted by atomic mass is 16.5. The Morgan fingerprint density at radius 3 is 3.05 bits per heavy atom. The van der Waals surface area contributed by atoms with Crippen molar-refractivity contribution in [2.24, 2.45) is 0 Å². The van der Waals surface area contributed by atoms with E-state index in [2.05, 4.69) is 22.3 Å². The first-order chi connectivity index (χ1) is 9.38. The summed E-state index contributed by atoms with van der Waals surface area (Å²) < 4.78 is 5.40. The Balaban J connectivity index is 1.50. The lowest BCUT2D eigenvalue weighted by Crippen LogP contribution is -2.39. The van der Waals surface area contributed by atoms with Gasteiger partial charge >= 0.3 is 0 Å². The molecule has 1 aromatic carbocycles. The smallest absolute Gasteiger partial charge is 0.122 e. The van der Waals surface area contributed by atoms with Crippen LogP contribution in [-0.4, -0.2) is 43.7 Å². The Hall–Kier alpha value is -1.06. The molecular formula is C16H24N2O. The number of hydrogen-bond acceptors (Lipinski definition) is 3. The number of methoxy groups -OCH3 is 1. The van der Waals surface area contributed by atoms with Gasteiger partial charge in [0.15, 0.2) is 0 Å². The lowest BCUT2D eigenvalue weighted by molar-refractivity contribution is 0.299. The van der Waals surface area contributed by atoms with Crippen LogP contribution in [0.1, 0.15) is 24.8 Å². The van der Waals surface area contributed by atoms with Gasteiger partial charge in [0.05, 0.1) is 7.11 Å². The van der Waals surface area contributed by atoms with Gasteiger partial charge in [0.1, 0.15) is 5.75 Å². The fourth-order valence-electron chi connectivity index (χ4n) is 3.62. The van der Waals surface area contributed by atoms with Gasteiger partial charge in [-0.1, -0.05) is 18.2 Å². The number of ether oxygens (including phenoxy) is 1. The molecule has 0 radical (unpaired) electrons. The van der Waals surface area contributed by atoms with Gasteiger partial charge in [-0.3, -0.25) is 4.90 Å². The predicted octanol–water partition coefficient (Wildman–Crippen LogP) is 2.06. The molecule has 2 aliphatic heterocycles. The molecule has 0 saturated carbocycles. The van der Waals surface area contributed by atoms with Crippen molar-refractivity contribution in [3.63, 3.8) is 0 Å². The van der Waals surface area contributed by atoms with Crippen molar-refractivity contribution in [1.29, 1.82) is 0 Å². The summed E-state index contributed by atoms with van der Waals surface area (Å²) >= 11 is 0. The summed E-state index contributed by atoms with van der Waals surface area (Å²) in [6, 6.07) is 9.84. The zero-order chi connectivity index (χ0) is 13.1. The molecule has 1 aromatic rings.